The van der Waals surface area contributed by atoms with E-state index < -0.39 is 0 Å². The van der Waals surface area contributed by atoms with Crippen molar-refractivity contribution in [1.82, 2.24) is 4.98 Å². The molecule has 0 saturated heterocycles. The minimum Gasteiger partial charge on any atom is -0.497 e. The average molecular weight is 363 g/mol. The van der Waals surface area contributed by atoms with E-state index in [1.54, 1.807) is 44.7 Å². The SMILES string of the molecule is COc1ccc(NC(=O)c2cncc(Nc3ccccc3C)c2)c(OC)c1. The van der Waals surface area contributed by atoms with Gasteiger partial charge in [-0.15, -0.1) is 0 Å². The number of methoxy groups -OCH3 is 2. The number of para-hydroxylation sites is 1. The molecular weight excluding hydrogens is 342 g/mol. The van der Waals surface area contributed by atoms with Crippen LogP contribution in [0.4, 0.5) is 17.1 Å². The van der Waals surface area contributed by atoms with E-state index in [-0.39, 0.29) is 5.91 Å². The van der Waals surface area contributed by atoms with Gasteiger partial charge in [0.1, 0.15) is 11.5 Å². The van der Waals surface area contributed by atoms with Gasteiger partial charge in [0.15, 0.2) is 0 Å². The van der Waals surface area contributed by atoms with Gasteiger partial charge >= 0.3 is 0 Å². The Bertz CT molecular complexity index is 957. The average Bonchev–Trinajstić information content (AvgIpc) is 2.70. The van der Waals surface area contributed by atoms with Crippen molar-refractivity contribution in [2.24, 2.45) is 0 Å². The Morgan fingerprint density at radius 3 is 2.52 bits per heavy atom. The molecule has 0 unspecified atom stereocenters. The number of benzene rings is 2. The summed E-state index contributed by atoms with van der Waals surface area (Å²) in [5.74, 6) is 0.889. The number of anilines is 3. The van der Waals surface area contributed by atoms with Crippen LogP contribution in [0, 0.1) is 6.92 Å². The van der Waals surface area contributed by atoms with E-state index in [0.717, 1.165) is 16.9 Å². The highest BCUT2D eigenvalue weighted by molar-refractivity contribution is 6.05. The van der Waals surface area contributed by atoms with E-state index in [9.17, 15) is 4.79 Å². The van der Waals surface area contributed by atoms with Crippen LogP contribution in [0.15, 0.2) is 60.9 Å². The number of carbonyl (C=O) groups excluding carboxylic acids is 1. The first-order chi connectivity index (χ1) is 13.1. The molecule has 2 aromatic carbocycles. The Morgan fingerprint density at radius 2 is 1.78 bits per heavy atom. The molecule has 0 radical (unpaired) electrons. The molecule has 0 aliphatic heterocycles. The Labute approximate surface area is 158 Å². The highest BCUT2D eigenvalue weighted by Crippen LogP contribution is 2.29. The molecule has 0 aliphatic carbocycles. The van der Waals surface area contributed by atoms with Gasteiger partial charge in [0, 0.05) is 18.0 Å². The number of amides is 1. The van der Waals surface area contributed by atoms with Crippen molar-refractivity contribution in [3.05, 3.63) is 72.1 Å². The lowest BCUT2D eigenvalue weighted by atomic mass is 10.2. The summed E-state index contributed by atoms with van der Waals surface area (Å²) in [6.07, 6.45) is 3.20. The van der Waals surface area contributed by atoms with Crippen LogP contribution >= 0.6 is 0 Å². The third-order valence-electron chi connectivity index (χ3n) is 4.08. The van der Waals surface area contributed by atoms with Crippen molar-refractivity contribution >= 4 is 23.0 Å². The normalized spacial score (nSPS) is 10.2. The number of nitrogens with one attached hydrogen (secondary N) is 2. The molecule has 138 valence electrons. The molecule has 0 fully saturated rings. The second-order valence-electron chi connectivity index (χ2n) is 5.92. The molecule has 0 aliphatic rings. The number of aryl methyl sites for hydroxylation is 1. The first kappa shape index (κ1) is 18.3. The maximum Gasteiger partial charge on any atom is 0.257 e. The molecule has 6 nitrogen and oxygen atoms in total. The zero-order chi connectivity index (χ0) is 19.2. The van der Waals surface area contributed by atoms with Gasteiger partial charge in [-0.2, -0.15) is 0 Å². The number of carbonyl (C=O) groups is 1. The predicted molar refractivity (Wildman–Crippen MR) is 106 cm³/mol. The number of ether oxygens (including phenoxy) is 2. The second kappa shape index (κ2) is 8.23. The lowest BCUT2D eigenvalue weighted by Crippen LogP contribution is -2.13. The van der Waals surface area contributed by atoms with Gasteiger partial charge < -0.3 is 20.1 Å². The van der Waals surface area contributed by atoms with Gasteiger partial charge in [-0.25, -0.2) is 0 Å². The van der Waals surface area contributed by atoms with Crippen molar-refractivity contribution in [3.8, 4) is 11.5 Å². The maximum atomic E-state index is 12.6. The fourth-order valence-corrected chi connectivity index (χ4v) is 2.60. The Morgan fingerprint density at radius 1 is 0.963 bits per heavy atom. The number of pyridine rings is 1. The molecule has 1 amide bonds. The van der Waals surface area contributed by atoms with Gasteiger partial charge in [-0.1, -0.05) is 18.2 Å². The van der Waals surface area contributed by atoms with Crippen LogP contribution in [0.2, 0.25) is 0 Å². The van der Waals surface area contributed by atoms with Gasteiger partial charge in [-0.05, 0) is 36.8 Å². The first-order valence-corrected chi connectivity index (χ1v) is 8.42. The van der Waals surface area contributed by atoms with E-state index in [1.165, 1.54) is 6.20 Å². The Balaban J connectivity index is 1.79. The lowest BCUT2D eigenvalue weighted by molar-refractivity contribution is 0.102. The largest absolute Gasteiger partial charge is 0.497 e. The van der Waals surface area contributed by atoms with Crippen molar-refractivity contribution in [1.29, 1.82) is 0 Å². The highest BCUT2D eigenvalue weighted by atomic mass is 16.5. The summed E-state index contributed by atoms with van der Waals surface area (Å²) in [6, 6.07) is 14.9. The van der Waals surface area contributed by atoms with Crippen LogP contribution in [-0.4, -0.2) is 25.1 Å². The third kappa shape index (κ3) is 4.36. The molecule has 0 spiro atoms. The summed E-state index contributed by atoms with van der Waals surface area (Å²) in [5, 5.41) is 6.13. The van der Waals surface area contributed by atoms with Crippen LogP contribution in [0.1, 0.15) is 15.9 Å². The molecule has 0 saturated carbocycles. The fraction of sp³-hybridized carbons (Fsp3) is 0.143. The van der Waals surface area contributed by atoms with Gasteiger partial charge in [0.2, 0.25) is 0 Å². The van der Waals surface area contributed by atoms with Crippen LogP contribution in [-0.2, 0) is 0 Å². The summed E-state index contributed by atoms with van der Waals surface area (Å²) in [4.78, 5) is 16.8. The minimum atomic E-state index is -0.278. The predicted octanol–water partition coefficient (Wildman–Crippen LogP) is 4.40. The zero-order valence-electron chi connectivity index (χ0n) is 15.4. The summed E-state index contributed by atoms with van der Waals surface area (Å²) >= 11 is 0. The van der Waals surface area contributed by atoms with E-state index in [4.69, 9.17) is 9.47 Å². The van der Waals surface area contributed by atoms with Crippen molar-refractivity contribution in [3.63, 3.8) is 0 Å². The minimum absolute atomic E-state index is 0.278. The van der Waals surface area contributed by atoms with Crippen molar-refractivity contribution in [2.75, 3.05) is 24.9 Å². The second-order valence-corrected chi connectivity index (χ2v) is 5.92. The molecule has 3 rings (SSSR count). The molecule has 1 heterocycles. The third-order valence-corrected chi connectivity index (χ3v) is 4.08. The molecule has 0 atom stereocenters. The quantitative estimate of drug-likeness (QED) is 0.679. The van der Waals surface area contributed by atoms with Crippen LogP contribution in [0.5, 0.6) is 11.5 Å². The van der Waals surface area contributed by atoms with Gasteiger partial charge in [0.05, 0.1) is 37.4 Å². The molecular formula is C21H21N3O3. The molecule has 1 aromatic heterocycles. The summed E-state index contributed by atoms with van der Waals surface area (Å²) in [6.45, 7) is 2.02. The number of nitrogens with zero attached hydrogens (tertiary/aromatic N) is 1. The Hall–Kier alpha value is -3.54. The van der Waals surface area contributed by atoms with E-state index in [1.807, 2.05) is 31.2 Å². The maximum absolute atomic E-state index is 12.6. The van der Waals surface area contributed by atoms with E-state index in [2.05, 4.69) is 15.6 Å². The smallest absolute Gasteiger partial charge is 0.257 e. The molecule has 6 heteroatoms. The zero-order valence-corrected chi connectivity index (χ0v) is 15.4. The summed E-state index contributed by atoms with van der Waals surface area (Å²) < 4.78 is 10.5. The lowest BCUT2D eigenvalue weighted by Gasteiger charge is -2.13. The standard InChI is InChI=1S/C21H21N3O3/c1-14-6-4-5-7-18(14)23-16-10-15(12-22-13-16)21(25)24-19-9-8-17(26-2)11-20(19)27-3/h4-13,23H,1-3H3,(H,24,25). The number of hydrogen-bond acceptors (Lipinski definition) is 5. The van der Waals surface area contributed by atoms with Gasteiger partial charge in [-0.3, -0.25) is 9.78 Å². The van der Waals surface area contributed by atoms with Crippen molar-refractivity contribution in [2.45, 2.75) is 6.92 Å². The Kier molecular flexibility index (Phi) is 5.56. The molecule has 3 aromatic rings. The van der Waals surface area contributed by atoms with Crippen molar-refractivity contribution < 1.29 is 14.3 Å². The monoisotopic (exact) mass is 363 g/mol. The topological polar surface area (TPSA) is 72.5 Å². The molecule has 2 N–H and O–H groups in total. The number of aromatic nitrogens is 1. The van der Waals surface area contributed by atoms with Crippen LogP contribution in [0.3, 0.4) is 0 Å². The summed E-state index contributed by atoms with van der Waals surface area (Å²) in [7, 11) is 3.12. The summed E-state index contributed by atoms with van der Waals surface area (Å²) in [5.41, 5.74) is 3.80. The van der Waals surface area contributed by atoms with E-state index in [0.29, 0.717) is 22.7 Å². The first-order valence-electron chi connectivity index (χ1n) is 8.42. The van der Waals surface area contributed by atoms with Gasteiger partial charge in [0.25, 0.3) is 5.91 Å². The van der Waals surface area contributed by atoms with E-state index >= 15 is 0 Å². The van der Waals surface area contributed by atoms with Crippen LogP contribution < -0.4 is 20.1 Å². The molecule has 27 heavy (non-hydrogen) atoms. The molecule has 0 bridgehead atoms. The number of hydrogen-bond donors (Lipinski definition) is 2. The van der Waals surface area contributed by atoms with Crippen LogP contribution in [0.25, 0.3) is 0 Å². The number of rotatable bonds is 6. The highest BCUT2D eigenvalue weighted by Gasteiger charge is 2.12. The fourth-order valence-electron chi connectivity index (χ4n) is 2.60.